The van der Waals surface area contributed by atoms with E-state index >= 15 is 0 Å². The fraction of sp³-hybridized carbons (Fsp3) is 0.357. The van der Waals surface area contributed by atoms with Gasteiger partial charge < -0.3 is 9.88 Å². The Kier molecular flexibility index (Phi) is 3.81. The number of carbonyl (C=O) groups is 1. The molecule has 1 heterocycles. The zero-order valence-corrected chi connectivity index (χ0v) is 10.1. The molecule has 3 nitrogen and oxygen atoms in total. The first kappa shape index (κ1) is 11.7. The van der Waals surface area contributed by atoms with Crippen LogP contribution in [0, 0.1) is 0 Å². The van der Waals surface area contributed by atoms with Crippen LogP contribution in [0.5, 0.6) is 0 Å². The Morgan fingerprint density at radius 1 is 1.29 bits per heavy atom. The Balaban J connectivity index is 1.89. The van der Waals surface area contributed by atoms with Crippen molar-refractivity contribution in [2.24, 2.45) is 0 Å². The maximum atomic E-state index is 11.1. The third-order valence-electron chi connectivity index (χ3n) is 2.90. The third kappa shape index (κ3) is 2.87. The van der Waals surface area contributed by atoms with E-state index in [-0.39, 0.29) is 5.91 Å². The van der Waals surface area contributed by atoms with E-state index in [0.29, 0.717) is 6.42 Å². The van der Waals surface area contributed by atoms with Crippen LogP contribution in [0.1, 0.15) is 19.8 Å². The second kappa shape index (κ2) is 5.53. The minimum Gasteiger partial charge on any atom is -0.356 e. The molecular weight excluding hydrogens is 212 g/mol. The van der Waals surface area contributed by atoms with Crippen LogP contribution < -0.4 is 5.32 Å². The lowest BCUT2D eigenvalue weighted by atomic mass is 10.2. The van der Waals surface area contributed by atoms with Crippen molar-refractivity contribution in [2.45, 2.75) is 26.3 Å². The highest BCUT2D eigenvalue weighted by Crippen LogP contribution is 2.14. The van der Waals surface area contributed by atoms with Gasteiger partial charge in [-0.3, -0.25) is 4.79 Å². The van der Waals surface area contributed by atoms with Crippen molar-refractivity contribution in [3.63, 3.8) is 0 Å². The van der Waals surface area contributed by atoms with Gasteiger partial charge in [-0.25, -0.2) is 0 Å². The van der Waals surface area contributed by atoms with Crippen LogP contribution in [0.25, 0.3) is 10.9 Å². The summed E-state index contributed by atoms with van der Waals surface area (Å²) in [5.74, 6) is 0.127. The van der Waals surface area contributed by atoms with Gasteiger partial charge in [0.2, 0.25) is 5.91 Å². The van der Waals surface area contributed by atoms with Gasteiger partial charge in [0.05, 0.1) is 0 Å². The highest BCUT2D eigenvalue weighted by molar-refractivity contribution is 5.79. The molecule has 1 amide bonds. The number of fused-ring (bicyclic) bond motifs is 1. The molecule has 0 radical (unpaired) electrons. The predicted octanol–water partition coefficient (Wildman–Crippen LogP) is 2.56. The summed E-state index contributed by atoms with van der Waals surface area (Å²) in [4.78, 5) is 11.1. The summed E-state index contributed by atoms with van der Waals surface area (Å²) in [5, 5.41) is 4.16. The molecule has 17 heavy (non-hydrogen) atoms. The van der Waals surface area contributed by atoms with Crippen LogP contribution in [0.4, 0.5) is 0 Å². The van der Waals surface area contributed by atoms with Crippen LogP contribution in [0.2, 0.25) is 0 Å². The van der Waals surface area contributed by atoms with Gasteiger partial charge in [-0.15, -0.1) is 0 Å². The van der Waals surface area contributed by atoms with Crippen LogP contribution in [-0.4, -0.2) is 17.0 Å². The maximum Gasteiger partial charge on any atom is 0.219 e. The summed E-state index contributed by atoms with van der Waals surface area (Å²) in [6.07, 6.45) is 3.63. The number of amides is 1. The number of hydrogen-bond donors (Lipinski definition) is 1. The Labute approximate surface area is 101 Å². The summed E-state index contributed by atoms with van der Waals surface area (Å²) < 4.78 is 2.23. The number of nitrogens with zero attached hydrogens (tertiary/aromatic N) is 1. The van der Waals surface area contributed by atoms with Crippen molar-refractivity contribution < 1.29 is 4.79 Å². The summed E-state index contributed by atoms with van der Waals surface area (Å²) in [7, 11) is 0. The van der Waals surface area contributed by atoms with Crippen molar-refractivity contribution in [3.8, 4) is 0 Å². The lowest BCUT2D eigenvalue weighted by Crippen LogP contribution is -2.24. The van der Waals surface area contributed by atoms with Crippen LogP contribution >= 0.6 is 0 Å². The lowest BCUT2D eigenvalue weighted by molar-refractivity contribution is -0.120. The molecular formula is C14H18N2O. The van der Waals surface area contributed by atoms with Gasteiger partial charge >= 0.3 is 0 Å². The fourth-order valence-electron chi connectivity index (χ4n) is 1.94. The molecule has 2 rings (SSSR count). The van der Waals surface area contributed by atoms with Crippen molar-refractivity contribution >= 4 is 16.8 Å². The van der Waals surface area contributed by atoms with Crippen molar-refractivity contribution in [3.05, 3.63) is 36.5 Å². The largest absolute Gasteiger partial charge is 0.356 e. The number of carbonyl (C=O) groups excluding carboxylic acids is 1. The number of rotatable bonds is 5. The third-order valence-corrected chi connectivity index (χ3v) is 2.90. The monoisotopic (exact) mass is 230 g/mol. The summed E-state index contributed by atoms with van der Waals surface area (Å²) in [6, 6.07) is 10.5. The van der Waals surface area contributed by atoms with E-state index in [1.165, 1.54) is 10.9 Å². The van der Waals surface area contributed by atoms with Crippen molar-refractivity contribution in [2.75, 3.05) is 6.54 Å². The molecule has 0 bridgehead atoms. The van der Waals surface area contributed by atoms with E-state index < -0.39 is 0 Å². The number of nitrogens with one attached hydrogen (secondary N) is 1. The smallest absolute Gasteiger partial charge is 0.219 e. The van der Waals surface area contributed by atoms with Gasteiger partial charge in [0.15, 0.2) is 0 Å². The molecule has 0 aliphatic rings. The Morgan fingerprint density at radius 2 is 2.12 bits per heavy atom. The molecule has 0 aliphatic carbocycles. The number of hydrogen-bond acceptors (Lipinski definition) is 1. The molecule has 1 aromatic carbocycles. The van der Waals surface area contributed by atoms with Crippen molar-refractivity contribution in [1.82, 2.24) is 9.88 Å². The predicted molar refractivity (Wildman–Crippen MR) is 69.9 cm³/mol. The molecule has 0 fully saturated rings. The normalized spacial score (nSPS) is 10.6. The lowest BCUT2D eigenvalue weighted by Gasteiger charge is -2.06. The SMILES string of the molecule is CCC(=O)NCCCn1ccc2ccccc21. The van der Waals surface area contributed by atoms with Crippen LogP contribution in [-0.2, 0) is 11.3 Å². The van der Waals surface area contributed by atoms with E-state index in [4.69, 9.17) is 0 Å². The standard InChI is InChI=1S/C14H18N2O/c1-2-14(17)15-9-5-10-16-11-8-12-6-3-4-7-13(12)16/h3-4,6-8,11H,2,5,9-10H2,1H3,(H,15,17). The Morgan fingerprint density at radius 3 is 2.94 bits per heavy atom. The van der Waals surface area contributed by atoms with Crippen LogP contribution in [0.3, 0.4) is 0 Å². The minimum absolute atomic E-state index is 0.127. The van der Waals surface area contributed by atoms with Gasteiger partial charge in [0.25, 0.3) is 0 Å². The number of benzene rings is 1. The number of aryl methyl sites for hydroxylation is 1. The first-order valence-electron chi connectivity index (χ1n) is 6.12. The van der Waals surface area contributed by atoms with Gasteiger partial charge in [-0.2, -0.15) is 0 Å². The molecule has 0 saturated heterocycles. The fourth-order valence-corrected chi connectivity index (χ4v) is 1.94. The van der Waals surface area contributed by atoms with Gasteiger partial charge in [0.1, 0.15) is 0 Å². The molecule has 2 aromatic rings. The minimum atomic E-state index is 0.127. The van der Waals surface area contributed by atoms with Crippen molar-refractivity contribution in [1.29, 1.82) is 0 Å². The summed E-state index contributed by atoms with van der Waals surface area (Å²) in [5.41, 5.74) is 1.26. The zero-order chi connectivity index (χ0) is 12.1. The topological polar surface area (TPSA) is 34.0 Å². The molecule has 0 aliphatic heterocycles. The summed E-state index contributed by atoms with van der Waals surface area (Å²) in [6.45, 7) is 3.56. The van der Waals surface area contributed by atoms with E-state index in [1.54, 1.807) is 0 Å². The Bertz CT molecular complexity index is 502. The quantitative estimate of drug-likeness (QED) is 0.787. The van der Waals surface area contributed by atoms with Gasteiger partial charge in [-0.1, -0.05) is 25.1 Å². The second-order valence-corrected chi connectivity index (χ2v) is 4.13. The van der Waals surface area contributed by atoms with Gasteiger partial charge in [0, 0.05) is 31.2 Å². The van der Waals surface area contributed by atoms with Crippen LogP contribution in [0.15, 0.2) is 36.5 Å². The highest BCUT2D eigenvalue weighted by Gasteiger charge is 2.00. The van der Waals surface area contributed by atoms with E-state index in [9.17, 15) is 4.79 Å². The number of aromatic nitrogens is 1. The molecule has 1 N–H and O–H groups in total. The second-order valence-electron chi connectivity index (χ2n) is 4.13. The highest BCUT2D eigenvalue weighted by atomic mass is 16.1. The first-order chi connectivity index (χ1) is 8.31. The number of para-hydroxylation sites is 1. The maximum absolute atomic E-state index is 11.1. The molecule has 0 saturated carbocycles. The summed E-state index contributed by atoms with van der Waals surface area (Å²) >= 11 is 0. The average molecular weight is 230 g/mol. The molecule has 0 spiro atoms. The average Bonchev–Trinajstić information content (AvgIpc) is 2.78. The molecule has 0 atom stereocenters. The Hall–Kier alpha value is -1.77. The molecule has 1 aromatic heterocycles. The molecule has 3 heteroatoms. The van der Waals surface area contributed by atoms with E-state index in [2.05, 4.69) is 40.3 Å². The van der Waals surface area contributed by atoms with Gasteiger partial charge in [-0.05, 0) is 23.9 Å². The van der Waals surface area contributed by atoms with E-state index in [0.717, 1.165) is 19.5 Å². The van der Waals surface area contributed by atoms with E-state index in [1.807, 2.05) is 13.0 Å². The molecule has 90 valence electrons. The molecule has 0 unspecified atom stereocenters. The first-order valence-corrected chi connectivity index (χ1v) is 6.12. The zero-order valence-electron chi connectivity index (χ0n) is 10.1.